The zero-order chi connectivity index (χ0) is 69.1. The van der Waals surface area contributed by atoms with E-state index >= 15 is 0 Å². The second-order valence-corrected chi connectivity index (χ2v) is 18.1. The molecule has 0 rings (SSSR count). The summed E-state index contributed by atoms with van der Waals surface area (Å²) < 4.78 is 547. The maximum Gasteiger partial charge on any atom is 0.374 e. The number of hydrogen-bond donors (Lipinski definition) is 0. The van der Waals surface area contributed by atoms with E-state index in [1.54, 1.807) is 0 Å². The predicted molar refractivity (Wildman–Crippen MR) is 203 cm³/mol. The van der Waals surface area contributed by atoms with E-state index in [-0.39, 0.29) is 0 Å². The highest BCUT2D eigenvalue weighted by atomic mass is 19.4. The summed E-state index contributed by atoms with van der Waals surface area (Å²) >= 11 is 0. The van der Waals surface area contributed by atoms with Crippen molar-refractivity contribution in [2.75, 3.05) is 26.6 Å². The minimum absolute atomic E-state index is 0.594. The van der Waals surface area contributed by atoms with Crippen molar-refractivity contribution < 1.29 is 199 Å². The first-order valence-electron chi connectivity index (χ1n) is 22.2. The molecule has 0 aromatic heterocycles. The first-order chi connectivity index (χ1) is 37.2. The standard InChI is InChI=1S/2C14H16F14O.C12H12F14O/c2*1-5(3-11(21,22)7(15)13(25,26)9(17)18)29-6(2)4-12(23,24)8(16)14(27,28)10(19)20;13-5-9(19,20)11(23,24)7(15,16)1-3-27-4-2-8(17,18)12(25,26)10(21,22)6-14/h2*5-10H,3-4H2,1-2H3;1-6H2. The molecule has 516 valence electrons. The van der Waals surface area contributed by atoms with Crippen molar-refractivity contribution in [2.24, 2.45) is 0 Å². The van der Waals surface area contributed by atoms with Gasteiger partial charge in [-0.15, -0.1) is 0 Å². The summed E-state index contributed by atoms with van der Waals surface area (Å²) in [4.78, 5) is 0. The molecule has 0 amide bonds. The lowest BCUT2D eigenvalue weighted by atomic mass is 10.0. The molecule has 0 heterocycles. The van der Waals surface area contributed by atoms with Gasteiger partial charge in [0.15, 0.2) is 13.3 Å². The van der Waals surface area contributed by atoms with Gasteiger partial charge >= 0.3 is 84.9 Å². The number of hydrogen-bond acceptors (Lipinski definition) is 3. The minimum Gasteiger partial charge on any atom is -0.381 e. The second kappa shape index (κ2) is 30.6. The van der Waals surface area contributed by atoms with E-state index in [0.717, 1.165) is 0 Å². The highest BCUT2D eigenvalue weighted by molar-refractivity contribution is 4.99. The van der Waals surface area contributed by atoms with Gasteiger partial charge in [-0.25, -0.2) is 96.6 Å². The summed E-state index contributed by atoms with van der Waals surface area (Å²) in [7, 11) is 0. The molecule has 3 nitrogen and oxygen atoms in total. The number of ether oxygens (including phenoxy) is 3. The van der Waals surface area contributed by atoms with Crippen LogP contribution in [0, 0.1) is 0 Å². The van der Waals surface area contributed by atoms with Crippen LogP contribution < -0.4 is 0 Å². The summed E-state index contributed by atoms with van der Waals surface area (Å²) in [6, 6.07) is 0. The van der Waals surface area contributed by atoms with Crippen LogP contribution in [0.3, 0.4) is 0 Å². The molecular weight excluding hydrogens is 1330 g/mol. The molecule has 8 unspecified atom stereocenters. The maximum atomic E-state index is 13.4. The summed E-state index contributed by atoms with van der Waals surface area (Å²) in [6.07, 6.45) is -58.7. The molecule has 0 radical (unpaired) electrons. The van der Waals surface area contributed by atoms with Crippen molar-refractivity contribution in [1.29, 1.82) is 0 Å². The molecule has 45 heteroatoms. The SMILES string of the molecule is CC(CC(F)(F)C(F)C(F)(F)C(F)F)OC(C)CC(F)(F)C(F)C(F)(F)C(F)F.CC(CC(F)(F)C(F)C(F)(F)C(F)F)OC(C)CC(F)(F)C(F)C(F)(F)C(F)F.FCC(F)(F)C(F)(F)C(F)(F)CCOCCC(F)(F)C(F)(F)C(F)(F)CF. The van der Waals surface area contributed by atoms with Gasteiger partial charge in [-0.05, 0) is 27.7 Å². The first kappa shape index (κ1) is 86.1. The van der Waals surface area contributed by atoms with E-state index in [1.807, 2.05) is 0 Å². The van der Waals surface area contributed by atoms with Crippen molar-refractivity contribution in [3.05, 3.63) is 0 Å². The van der Waals surface area contributed by atoms with Gasteiger partial charge in [-0.3, -0.25) is 0 Å². The fourth-order valence-electron chi connectivity index (χ4n) is 6.02. The molecule has 0 bridgehead atoms. The van der Waals surface area contributed by atoms with Gasteiger partial charge in [0, 0.05) is 38.5 Å². The summed E-state index contributed by atoms with van der Waals surface area (Å²) in [5.41, 5.74) is 0. The molecule has 8 atom stereocenters. The number of halogens is 42. The molecule has 85 heavy (non-hydrogen) atoms. The van der Waals surface area contributed by atoms with Crippen molar-refractivity contribution in [2.45, 2.75) is 224 Å². The summed E-state index contributed by atoms with van der Waals surface area (Å²) in [5, 5.41) is 0. The Morgan fingerprint density at radius 2 is 0.435 bits per heavy atom. The molecule has 0 fully saturated rings. The van der Waals surface area contributed by atoms with Gasteiger partial charge < -0.3 is 14.2 Å². The third-order valence-corrected chi connectivity index (χ3v) is 10.5. The topological polar surface area (TPSA) is 27.7 Å². The minimum atomic E-state index is -6.18. The Morgan fingerprint density at radius 3 is 0.576 bits per heavy atom. The largest absolute Gasteiger partial charge is 0.381 e. The van der Waals surface area contributed by atoms with Crippen molar-refractivity contribution >= 4 is 0 Å². The van der Waals surface area contributed by atoms with Gasteiger partial charge in [0.1, 0.15) is 0 Å². The van der Waals surface area contributed by atoms with Crippen LogP contribution in [0.4, 0.5) is 184 Å². The smallest absolute Gasteiger partial charge is 0.374 e. The van der Waals surface area contributed by atoms with E-state index < -0.39 is 223 Å². The van der Waals surface area contributed by atoms with E-state index in [2.05, 4.69) is 14.2 Å². The molecule has 0 aromatic carbocycles. The molecule has 0 N–H and O–H groups in total. The Morgan fingerprint density at radius 1 is 0.271 bits per heavy atom. The van der Waals surface area contributed by atoms with Gasteiger partial charge in [0.2, 0.25) is 24.7 Å². The van der Waals surface area contributed by atoms with Crippen molar-refractivity contribution in [3.8, 4) is 0 Å². The Labute approximate surface area is 449 Å². The van der Waals surface area contributed by atoms with Crippen molar-refractivity contribution in [3.63, 3.8) is 0 Å². The quantitative estimate of drug-likeness (QED) is 0.0462. The highest BCUT2D eigenvalue weighted by Crippen LogP contribution is 2.50. The zero-order valence-electron chi connectivity index (χ0n) is 42.1. The monoisotopic (exact) mass is 1370 g/mol. The lowest BCUT2D eigenvalue weighted by molar-refractivity contribution is -0.318. The zero-order valence-corrected chi connectivity index (χ0v) is 42.1. The third-order valence-electron chi connectivity index (χ3n) is 10.5. The molecule has 0 aliphatic heterocycles. The van der Waals surface area contributed by atoms with Crippen LogP contribution in [0.15, 0.2) is 0 Å². The Balaban J connectivity index is -0.00000119. The highest BCUT2D eigenvalue weighted by Gasteiger charge is 2.73. The van der Waals surface area contributed by atoms with Crippen LogP contribution >= 0.6 is 0 Å². The summed E-state index contributed by atoms with van der Waals surface area (Å²) in [5.74, 6) is -78.5. The van der Waals surface area contributed by atoms with Crippen molar-refractivity contribution in [1.82, 2.24) is 0 Å². The predicted octanol–water partition coefficient (Wildman–Crippen LogP) is 18.1. The fraction of sp³-hybridized carbons (Fsp3) is 1.00. The van der Waals surface area contributed by atoms with Crippen LogP contribution in [0.25, 0.3) is 0 Å². The fourth-order valence-corrected chi connectivity index (χ4v) is 6.02. The van der Waals surface area contributed by atoms with E-state index in [4.69, 9.17) is 0 Å². The van der Waals surface area contributed by atoms with E-state index in [1.165, 1.54) is 0 Å². The Kier molecular flexibility index (Phi) is 31.0. The average Bonchev–Trinajstić information content (AvgIpc) is 3.31. The van der Waals surface area contributed by atoms with E-state index in [0.29, 0.717) is 27.7 Å². The normalized spacial score (nSPS) is 17.7. The van der Waals surface area contributed by atoms with Crippen LogP contribution in [-0.4, -0.2) is 184 Å². The summed E-state index contributed by atoms with van der Waals surface area (Å²) in [6.45, 7) is -7.22. The molecular formula is C40H44F42O3. The molecule has 0 saturated heterocycles. The van der Waals surface area contributed by atoms with Crippen LogP contribution in [0.1, 0.15) is 66.2 Å². The third kappa shape index (κ3) is 22.7. The van der Waals surface area contributed by atoms with Gasteiger partial charge in [-0.2, -0.15) is 87.8 Å². The maximum absolute atomic E-state index is 13.4. The molecule has 0 aromatic rings. The Hall–Kier alpha value is -3.06. The lowest BCUT2D eigenvalue weighted by Gasteiger charge is -2.32. The van der Waals surface area contributed by atoms with Crippen LogP contribution in [0.2, 0.25) is 0 Å². The van der Waals surface area contributed by atoms with Gasteiger partial charge in [-0.1, -0.05) is 0 Å². The first-order valence-corrected chi connectivity index (χ1v) is 22.2. The second-order valence-electron chi connectivity index (χ2n) is 18.1. The average molecular weight is 1370 g/mol. The molecule has 0 aliphatic carbocycles. The van der Waals surface area contributed by atoms with Crippen LogP contribution in [0.5, 0.6) is 0 Å². The molecule has 0 saturated carbocycles. The van der Waals surface area contributed by atoms with Crippen LogP contribution in [-0.2, 0) is 14.2 Å². The molecule has 0 spiro atoms. The van der Waals surface area contributed by atoms with Gasteiger partial charge in [0.25, 0.3) is 23.7 Å². The molecule has 0 aliphatic rings. The van der Waals surface area contributed by atoms with E-state index in [9.17, 15) is 184 Å². The lowest BCUT2D eigenvalue weighted by Crippen LogP contribution is -2.56. The Bertz CT molecular complexity index is 1690. The number of alkyl halides is 42. The van der Waals surface area contributed by atoms with Gasteiger partial charge in [0.05, 0.1) is 37.6 Å². The number of rotatable bonds is 36.